The van der Waals surface area contributed by atoms with Gasteiger partial charge in [-0.05, 0) is 30.5 Å². The van der Waals surface area contributed by atoms with E-state index in [1.807, 2.05) is 54.6 Å². The molecule has 0 atom stereocenters. The highest BCUT2D eigenvalue weighted by Crippen LogP contribution is 2.17. The van der Waals surface area contributed by atoms with E-state index in [-0.39, 0.29) is 11.7 Å². The van der Waals surface area contributed by atoms with E-state index in [2.05, 4.69) is 15.5 Å². The SMILES string of the molecule is Nc1ccccc1CC(=O)CCCCCNC(=O)c1cc(-c2ccccc2)n[nH]1. The van der Waals surface area contributed by atoms with Crippen LogP contribution in [0.3, 0.4) is 0 Å². The van der Waals surface area contributed by atoms with Crippen LogP contribution in [-0.4, -0.2) is 28.4 Å². The molecule has 3 rings (SSSR count). The molecule has 0 radical (unpaired) electrons. The van der Waals surface area contributed by atoms with Crippen LogP contribution in [-0.2, 0) is 11.2 Å². The lowest BCUT2D eigenvalue weighted by atomic mass is 10.0. The Morgan fingerprint density at radius 1 is 0.966 bits per heavy atom. The second kappa shape index (κ2) is 10.2. The van der Waals surface area contributed by atoms with Crippen molar-refractivity contribution in [3.63, 3.8) is 0 Å². The maximum absolute atomic E-state index is 12.2. The fraction of sp³-hybridized carbons (Fsp3) is 0.261. The molecule has 0 aliphatic carbocycles. The summed E-state index contributed by atoms with van der Waals surface area (Å²) in [6.45, 7) is 0.568. The summed E-state index contributed by atoms with van der Waals surface area (Å²) in [5.74, 6) is 0.0214. The number of unbranched alkanes of at least 4 members (excludes halogenated alkanes) is 2. The summed E-state index contributed by atoms with van der Waals surface area (Å²) in [6.07, 6.45) is 3.43. The van der Waals surface area contributed by atoms with Crippen molar-refractivity contribution in [2.75, 3.05) is 12.3 Å². The second-order valence-electron chi connectivity index (χ2n) is 7.01. The summed E-state index contributed by atoms with van der Waals surface area (Å²) >= 11 is 0. The molecule has 0 saturated carbocycles. The molecule has 1 amide bonds. The Balaban J connectivity index is 1.32. The smallest absolute Gasteiger partial charge is 0.269 e. The number of hydrogen-bond acceptors (Lipinski definition) is 4. The number of benzene rings is 2. The van der Waals surface area contributed by atoms with Gasteiger partial charge < -0.3 is 11.1 Å². The van der Waals surface area contributed by atoms with Gasteiger partial charge in [-0.25, -0.2) is 0 Å². The Hall–Kier alpha value is -3.41. The van der Waals surface area contributed by atoms with E-state index >= 15 is 0 Å². The Morgan fingerprint density at radius 2 is 1.72 bits per heavy atom. The first-order chi connectivity index (χ1) is 14.1. The van der Waals surface area contributed by atoms with E-state index < -0.39 is 0 Å². The van der Waals surface area contributed by atoms with Gasteiger partial charge >= 0.3 is 0 Å². The van der Waals surface area contributed by atoms with Crippen LogP contribution in [0, 0.1) is 0 Å². The molecule has 0 spiro atoms. The molecule has 3 aromatic rings. The number of ketones is 1. The van der Waals surface area contributed by atoms with Gasteiger partial charge in [0.25, 0.3) is 5.91 Å². The van der Waals surface area contributed by atoms with Crippen LogP contribution in [0.15, 0.2) is 60.7 Å². The van der Waals surface area contributed by atoms with Gasteiger partial charge in [-0.1, -0.05) is 55.0 Å². The van der Waals surface area contributed by atoms with E-state index in [9.17, 15) is 9.59 Å². The standard InChI is InChI=1S/C23H26N4O2/c24-20-13-7-6-11-18(20)15-19(28)12-5-2-8-14-25-23(29)22-16-21(26-27-22)17-9-3-1-4-10-17/h1,3-4,6-7,9-11,13,16H,2,5,8,12,14-15,24H2,(H,25,29)(H,26,27). The first-order valence-corrected chi connectivity index (χ1v) is 9.87. The molecule has 0 aliphatic rings. The third-order valence-corrected chi connectivity index (χ3v) is 4.75. The van der Waals surface area contributed by atoms with Gasteiger partial charge in [0.1, 0.15) is 11.5 Å². The van der Waals surface area contributed by atoms with Crippen molar-refractivity contribution >= 4 is 17.4 Å². The minimum atomic E-state index is -0.171. The zero-order chi connectivity index (χ0) is 20.5. The summed E-state index contributed by atoms with van der Waals surface area (Å²) in [5.41, 5.74) is 9.58. The zero-order valence-corrected chi connectivity index (χ0v) is 16.4. The molecule has 0 saturated heterocycles. The van der Waals surface area contributed by atoms with E-state index in [0.717, 1.165) is 36.1 Å². The van der Waals surface area contributed by atoms with Crippen LogP contribution >= 0.6 is 0 Å². The summed E-state index contributed by atoms with van der Waals surface area (Å²) in [5, 5.41) is 9.86. The molecule has 0 fully saturated rings. The highest BCUT2D eigenvalue weighted by molar-refractivity contribution is 5.93. The van der Waals surface area contributed by atoms with Crippen LogP contribution in [0.1, 0.15) is 41.7 Å². The molecule has 6 heteroatoms. The Bertz CT molecular complexity index is 950. The average Bonchev–Trinajstić information content (AvgIpc) is 3.23. The summed E-state index contributed by atoms with van der Waals surface area (Å²) in [7, 11) is 0. The maximum atomic E-state index is 12.2. The van der Waals surface area contributed by atoms with Crippen molar-refractivity contribution in [1.82, 2.24) is 15.5 Å². The number of nitrogens with one attached hydrogen (secondary N) is 2. The monoisotopic (exact) mass is 390 g/mol. The number of carbonyl (C=O) groups excluding carboxylic acids is 2. The van der Waals surface area contributed by atoms with Gasteiger partial charge in [0.05, 0.1) is 5.69 Å². The topological polar surface area (TPSA) is 101 Å². The van der Waals surface area contributed by atoms with E-state index in [1.165, 1.54) is 0 Å². The van der Waals surface area contributed by atoms with Gasteiger partial charge in [0, 0.05) is 30.6 Å². The first kappa shape index (κ1) is 20.3. The second-order valence-corrected chi connectivity index (χ2v) is 7.01. The lowest BCUT2D eigenvalue weighted by molar-refractivity contribution is -0.118. The van der Waals surface area contributed by atoms with Crippen LogP contribution in [0.5, 0.6) is 0 Å². The highest BCUT2D eigenvalue weighted by atomic mass is 16.2. The minimum Gasteiger partial charge on any atom is -0.398 e. The summed E-state index contributed by atoms with van der Waals surface area (Å²) in [4.78, 5) is 24.3. The number of nitrogens with two attached hydrogens (primary N) is 1. The molecule has 1 aromatic heterocycles. The third kappa shape index (κ3) is 6.04. The van der Waals surface area contributed by atoms with Crippen molar-refractivity contribution in [2.45, 2.75) is 32.1 Å². The molecule has 150 valence electrons. The molecule has 4 N–H and O–H groups in total. The molecule has 0 unspecified atom stereocenters. The number of nitrogen functional groups attached to an aromatic ring is 1. The summed E-state index contributed by atoms with van der Waals surface area (Å²) < 4.78 is 0. The number of amides is 1. The number of para-hydroxylation sites is 1. The number of aromatic nitrogens is 2. The number of hydrogen-bond donors (Lipinski definition) is 3. The van der Waals surface area contributed by atoms with Crippen LogP contribution in [0.4, 0.5) is 5.69 Å². The van der Waals surface area contributed by atoms with E-state index in [4.69, 9.17) is 5.73 Å². The predicted octanol–water partition coefficient (Wildman–Crippen LogP) is 3.76. The minimum absolute atomic E-state index is 0.171. The Kier molecular flexibility index (Phi) is 7.16. The van der Waals surface area contributed by atoms with Crippen molar-refractivity contribution in [3.8, 4) is 11.3 Å². The molecule has 0 bridgehead atoms. The van der Waals surface area contributed by atoms with Crippen LogP contribution < -0.4 is 11.1 Å². The van der Waals surface area contributed by atoms with E-state index in [0.29, 0.717) is 30.8 Å². The molecular formula is C23H26N4O2. The molecule has 2 aromatic carbocycles. The van der Waals surface area contributed by atoms with E-state index in [1.54, 1.807) is 6.07 Å². The van der Waals surface area contributed by atoms with Crippen molar-refractivity contribution < 1.29 is 9.59 Å². The van der Waals surface area contributed by atoms with Crippen molar-refractivity contribution in [3.05, 3.63) is 71.9 Å². The number of anilines is 1. The lowest BCUT2D eigenvalue weighted by Crippen LogP contribution is -2.24. The quantitative estimate of drug-likeness (QED) is 0.362. The van der Waals surface area contributed by atoms with Gasteiger partial charge in [0.15, 0.2) is 0 Å². The third-order valence-electron chi connectivity index (χ3n) is 4.75. The Labute approximate surface area is 170 Å². The van der Waals surface area contributed by atoms with Crippen LogP contribution in [0.2, 0.25) is 0 Å². The van der Waals surface area contributed by atoms with Crippen molar-refractivity contribution in [2.24, 2.45) is 0 Å². The number of rotatable bonds is 10. The Morgan fingerprint density at radius 3 is 2.52 bits per heavy atom. The molecule has 0 aliphatic heterocycles. The van der Waals surface area contributed by atoms with Gasteiger partial charge in [-0.3, -0.25) is 14.7 Å². The first-order valence-electron chi connectivity index (χ1n) is 9.87. The lowest BCUT2D eigenvalue weighted by Gasteiger charge is -2.05. The highest BCUT2D eigenvalue weighted by Gasteiger charge is 2.10. The number of aromatic amines is 1. The molecule has 1 heterocycles. The zero-order valence-electron chi connectivity index (χ0n) is 16.4. The molecular weight excluding hydrogens is 364 g/mol. The predicted molar refractivity (Wildman–Crippen MR) is 114 cm³/mol. The fourth-order valence-electron chi connectivity index (χ4n) is 3.11. The molecule has 6 nitrogen and oxygen atoms in total. The summed E-state index contributed by atoms with van der Waals surface area (Å²) in [6, 6.07) is 18.9. The van der Waals surface area contributed by atoms with Crippen molar-refractivity contribution in [1.29, 1.82) is 0 Å². The normalized spacial score (nSPS) is 10.6. The van der Waals surface area contributed by atoms with Crippen LogP contribution in [0.25, 0.3) is 11.3 Å². The average molecular weight is 390 g/mol. The number of carbonyl (C=O) groups is 2. The largest absolute Gasteiger partial charge is 0.398 e. The number of nitrogens with zero attached hydrogens (tertiary/aromatic N) is 1. The molecule has 29 heavy (non-hydrogen) atoms. The number of Topliss-reactive ketones (excluding diaryl/α,β-unsaturated/α-hetero) is 1. The fourth-order valence-corrected chi connectivity index (χ4v) is 3.11. The number of H-pyrrole nitrogens is 1. The van der Waals surface area contributed by atoms with Gasteiger partial charge in [0.2, 0.25) is 0 Å². The van der Waals surface area contributed by atoms with Gasteiger partial charge in [-0.15, -0.1) is 0 Å². The maximum Gasteiger partial charge on any atom is 0.269 e. The van der Waals surface area contributed by atoms with Gasteiger partial charge in [-0.2, -0.15) is 5.10 Å².